The number of halogens is 4. The van der Waals surface area contributed by atoms with Gasteiger partial charge in [0.25, 0.3) is 0 Å². The molecule has 1 atom stereocenters. The minimum absolute atomic E-state index is 0.00229. The zero-order valence-corrected chi connectivity index (χ0v) is 13.5. The largest absolute Gasteiger partial charge is 0.405 e. The van der Waals surface area contributed by atoms with Gasteiger partial charge in [0.2, 0.25) is 0 Å². The van der Waals surface area contributed by atoms with Gasteiger partial charge in [-0.1, -0.05) is 28.9 Å². The second kappa shape index (κ2) is 6.57. The lowest BCUT2D eigenvalue weighted by Crippen LogP contribution is -2.37. The molecule has 0 aliphatic heterocycles. The molecule has 1 unspecified atom stereocenters. The van der Waals surface area contributed by atoms with Crippen molar-refractivity contribution in [2.24, 2.45) is 5.73 Å². The molecular formula is C15H20BrF3N2. The van der Waals surface area contributed by atoms with E-state index in [2.05, 4.69) is 15.9 Å². The van der Waals surface area contributed by atoms with Gasteiger partial charge in [-0.05, 0) is 43.4 Å². The van der Waals surface area contributed by atoms with Gasteiger partial charge in [0.05, 0.1) is 0 Å². The maximum absolute atomic E-state index is 12.9. The molecule has 21 heavy (non-hydrogen) atoms. The highest BCUT2D eigenvalue weighted by atomic mass is 79.9. The number of hydrogen-bond acceptors (Lipinski definition) is 2. The monoisotopic (exact) mass is 364 g/mol. The van der Waals surface area contributed by atoms with Crippen molar-refractivity contribution < 1.29 is 13.2 Å². The molecule has 2 nitrogen and oxygen atoms in total. The standard InChI is InChI=1S/C15H20BrF3N2/c1-2-12(20)7-10-3-4-11(16)8-14(10)21(13-5-6-13)9-15(17,18)19/h3-4,8,12-13H,2,5-7,9,20H2,1H3. The van der Waals surface area contributed by atoms with Gasteiger partial charge < -0.3 is 10.6 Å². The van der Waals surface area contributed by atoms with E-state index in [9.17, 15) is 13.2 Å². The summed E-state index contributed by atoms with van der Waals surface area (Å²) >= 11 is 3.36. The molecule has 0 spiro atoms. The highest BCUT2D eigenvalue weighted by molar-refractivity contribution is 9.10. The number of alkyl halides is 3. The number of anilines is 1. The van der Waals surface area contributed by atoms with Crippen LogP contribution in [0.4, 0.5) is 18.9 Å². The maximum atomic E-state index is 12.9. The van der Waals surface area contributed by atoms with Crippen LogP contribution in [-0.2, 0) is 6.42 Å². The predicted molar refractivity (Wildman–Crippen MR) is 82.5 cm³/mol. The lowest BCUT2D eigenvalue weighted by molar-refractivity contribution is -0.120. The van der Waals surface area contributed by atoms with Gasteiger partial charge in [0.1, 0.15) is 6.54 Å². The molecule has 0 radical (unpaired) electrons. The zero-order chi connectivity index (χ0) is 15.6. The van der Waals surface area contributed by atoms with E-state index in [0.717, 1.165) is 29.3 Å². The van der Waals surface area contributed by atoms with Gasteiger partial charge in [-0.15, -0.1) is 0 Å². The summed E-state index contributed by atoms with van der Waals surface area (Å²) in [5.41, 5.74) is 7.53. The van der Waals surface area contributed by atoms with Crippen LogP contribution in [0.15, 0.2) is 22.7 Å². The molecule has 1 aromatic carbocycles. The fourth-order valence-electron chi connectivity index (χ4n) is 2.39. The van der Waals surface area contributed by atoms with Crippen molar-refractivity contribution in [3.05, 3.63) is 28.2 Å². The second-order valence-electron chi connectivity index (χ2n) is 5.62. The molecule has 0 bridgehead atoms. The number of nitrogens with two attached hydrogens (primary N) is 1. The molecule has 0 saturated heterocycles. The SMILES string of the molecule is CCC(N)Cc1ccc(Br)cc1N(CC(F)(F)F)C1CC1. The summed E-state index contributed by atoms with van der Waals surface area (Å²) in [4.78, 5) is 1.49. The lowest BCUT2D eigenvalue weighted by atomic mass is 10.0. The number of rotatable bonds is 6. The van der Waals surface area contributed by atoms with Crippen molar-refractivity contribution >= 4 is 21.6 Å². The molecule has 0 heterocycles. The summed E-state index contributed by atoms with van der Waals surface area (Å²) in [7, 11) is 0. The Morgan fingerprint density at radius 1 is 1.38 bits per heavy atom. The smallest absolute Gasteiger partial charge is 0.359 e. The van der Waals surface area contributed by atoms with E-state index in [-0.39, 0.29) is 12.1 Å². The molecule has 0 amide bonds. The van der Waals surface area contributed by atoms with Crippen LogP contribution in [-0.4, -0.2) is 24.8 Å². The van der Waals surface area contributed by atoms with Crippen molar-refractivity contribution in [1.82, 2.24) is 0 Å². The first-order chi connectivity index (χ1) is 9.80. The lowest BCUT2D eigenvalue weighted by Gasteiger charge is -2.29. The summed E-state index contributed by atoms with van der Waals surface area (Å²) in [6.07, 6.45) is -1.16. The summed E-state index contributed by atoms with van der Waals surface area (Å²) in [5, 5.41) is 0. The fraction of sp³-hybridized carbons (Fsp3) is 0.600. The quantitative estimate of drug-likeness (QED) is 0.816. The predicted octanol–water partition coefficient (Wildman–Crippen LogP) is 4.26. The van der Waals surface area contributed by atoms with Crippen LogP contribution in [0.1, 0.15) is 31.7 Å². The highest BCUT2D eigenvalue weighted by Crippen LogP contribution is 2.37. The highest BCUT2D eigenvalue weighted by Gasteiger charge is 2.39. The van der Waals surface area contributed by atoms with Gasteiger partial charge in [0.15, 0.2) is 0 Å². The minimum Gasteiger partial charge on any atom is -0.359 e. The van der Waals surface area contributed by atoms with Crippen LogP contribution < -0.4 is 10.6 Å². The Morgan fingerprint density at radius 3 is 2.57 bits per heavy atom. The molecule has 1 aromatic rings. The molecule has 0 aromatic heterocycles. The molecule has 2 N–H and O–H groups in total. The third-order valence-electron chi connectivity index (χ3n) is 3.70. The molecule has 1 saturated carbocycles. The number of benzene rings is 1. The van der Waals surface area contributed by atoms with E-state index in [0.29, 0.717) is 12.1 Å². The van der Waals surface area contributed by atoms with Crippen molar-refractivity contribution in [2.45, 2.75) is 50.9 Å². The molecule has 6 heteroatoms. The Morgan fingerprint density at radius 2 is 2.05 bits per heavy atom. The normalized spacial score (nSPS) is 16.9. The van der Waals surface area contributed by atoms with Crippen molar-refractivity contribution in [3.8, 4) is 0 Å². The first-order valence-corrected chi connectivity index (χ1v) is 7.97. The van der Waals surface area contributed by atoms with E-state index in [1.165, 1.54) is 4.90 Å². The topological polar surface area (TPSA) is 29.3 Å². The first kappa shape index (κ1) is 16.6. The van der Waals surface area contributed by atoms with Crippen LogP contribution >= 0.6 is 15.9 Å². The molecule has 1 aliphatic carbocycles. The summed E-state index contributed by atoms with van der Waals surface area (Å²) in [6.45, 7) is 1.08. The fourth-order valence-corrected chi connectivity index (χ4v) is 2.74. The Hall–Kier alpha value is -0.750. The van der Waals surface area contributed by atoms with Crippen LogP contribution in [0.5, 0.6) is 0 Å². The molecule has 118 valence electrons. The van der Waals surface area contributed by atoms with Crippen LogP contribution in [0.25, 0.3) is 0 Å². The minimum atomic E-state index is -4.20. The van der Waals surface area contributed by atoms with Crippen LogP contribution in [0.3, 0.4) is 0 Å². The summed E-state index contributed by atoms with van der Waals surface area (Å²) in [5.74, 6) is 0. The van der Waals surface area contributed by atoms with E-state index < -0.39 is 12.7 Å². The average molecular weight is 365 g/mol. The Balaban J connectivity index is 2.31. The van der Waals surface area contributed by atoms with Crippen molar-refractivity contribution in [3.63, 3.8) is 0 Å². The van der Waals surface area contributed by atoms with Gasteiger partial charge in [-0.25, -0.2) is 0 Å². The summed E-state index contributed by atoms with van der Waals surface area (Å²) in [6, 6.07) is 5.48. The Labute approximate surface area is 131 Å². The molecular weight excluding hydrogens is 345 g/mol. The number of nitrogens with zero attached hydrogens (tertiary/aromatic N) is 1. The molecule has 2 rings (SSSR count). The maximum Gasteiger partial charge on any atom is 0.405 e. The summed E-state index contributed by atoms with van der Waals surface area (Å²) < 4.78 is 39.4. The van der Waals surface area contributed by atoms with E-state index in [1.54, 1.807) is 6.07 Å². The Kier molecular flexibility index (Phi) is 5.20. The van der Waals surface area contributed by atoms with E-state index in [4.69, 9.17) is 5.73 Å². The van der Waals surface area contributed by atoms with E-state index >= 15 is 0 Å². The third-order valence-corrected chi connectivity index (χ3v) is 4.19. The van der Waals surface area contributed by atoms with Gasteiger partial charge >= 0.3 is 6.18 Å². The van der Waals surface area contributed by atoms with Crippen molar-refractivity contribution in [2.75, 3.05) is 11.4 Å². The van der Waals surface area contributed by atoms with Crippen LogP contribution in [0.2, 0.25) is 0 Å². The number of hydrogen-bond donors (Lipinski definition) is 1. The van der Waals surface area contributed by atoms with Gasteiger partial charge in [0, 0.05) is 22.2 Å². The molecule has 1 fully saturated rings. The Bertz CT molecular complexity index is 486. The zero-order valence-electron chi connectivity index (χ0n) is 12.0. The second-order valence-corrected chi connectivity index (χ2v) is 6.54. The van der Waals surface area contributed by atoms with E-state index in [1.807, 2.05) is 19.1 Å². The first-order valence-electron chi connectivity index (χ1n) is 7.17. The van der Waals surface area contributed by atoms with Gasteiger partial charge in [-0.2, -0.15) is 13.2 Å². The van der Waals surface area contributed by atoms with Crippen molar-refractivity contribution in [1.29, 1.82) is 0 Å². The molecule has 1 aliphatic rings. The average Bonchev–Trinajstić information content (AvgIpc) is 3.21. The van der Waals surface area contributed by atoms with Gasteiger partial charge in [-0.3, -0.25) is 0 Å². The third kappa shape index (κ3) is 4.88. The van der Waals surface area contributed by atoms with Crippen LogP contribution in [0, 0.1) is 0 Å².